The molecule has 5 heteroatoms. The molecule has 2 amide bonds. The zero-order valence-corrected chi connectivity index (χ0v) is 11.3. The Bertz CT molecular complexity index is 441. The Balaban J connectivity index is 2.69. The van der Waals surface area contributed by atoms with Crippen LogP contribution in [0.2, 0.25) is 0 Å². The van der Waals surface area contributed by atoms with Crippen molar-refractivity contribution in [3.05, 3.63) is 29.8 Å². The molecule has 0 aliphatic rings. The predicted octanol–water partition coefficient (Wildman–Crippen LogP) is 1.92. The lowest BCUT2D eigenvalue weighted by Crippen LogP contribution is -2.32. The summed E-state index contributed by atoms with van der Waals surface area (Å²) < 4.78 is 0. The van der Waals surface area contributed by atoms with Crippen molar-refractivity contribution in [2.75, 3.05) is 11.2 Å². The van der Waals surface area contributed by atoms with Gasteiger partial charge in [0.05, 0.1) is 11.8 Å². The van der Waals surface area contributed by atoms with Crippen LogP contribution in [0.5, 0.6) is 0 Å². The first-order chi connectivity index (χ1) is 8.35. The molecule has 18 heavy (non-hydrogen) atoms. The van der Waals surface area contributed by atoms with E-state index in [1.165, 1.54) is 0 Å². The molecule has 4 nitrogen and oxygen atoms in total. The molecule has 0 fully saturated rings. The minimum Gasteiger partial charge on any atom is -0.369 e. The third-order valence-electron chi connectivity index (χ3n) is 2.54. The Morgan fingerprint density at radius 1 is 1.28 bits per heavy atom. The lowest BCUT2D eigenvalue weighted by atomic mass is 9.95. The first-order valence-corrected chi connectivity index (χ1v) is 6.13. The number of benzene rings is 1. The number of anilines is 1. The van der Waals surface area contributed by atoms with E-state index in [2.05, 4.69) is 5.32 Å². The summed E-state index contributed by atoms with van der Waals surface area (Å²) in [6.45, 7) is 3.55. The minimum absolute atomic E-state index is 0.139. The van der Waals surface area contributed by atoms with E-state index in [1.54, 1.807) is 38.1 Å². The molecule has 0 saturated carbocycles. The van der Waals surface area contributed by atoms with Crippen LogP contribution in [0.1, 0.15) is 19.4 Å². The maximum Gasteiger partial charge on any atom is 0.231 e. The van der Waals surface area contributed by atoms with Crippen LogP contribution in [-0.4, -0.2) is 17.7 Å². The van der Waals surface area contributed by atoms with E-state index in [9.17, 15) is 9.59 Å². The summed E-state index contributed by atoms with van der Waals surface area (Å²) in [5, 5.41) is 2.77. The van der Waals surface area contributed by atoms with Gasteiger partial charge in [-0.05, 0) is 31.5 Å². The number of primary amides is 1. The van der Waals surface area contributed by atoms with Crippen molar-refractivity contribution in [1.82, 2.24) is 0 Å². The Labute approximate surface area is 112 Å². The highest BCUT2D eigenvalue weighted by molar-refractivity contribution is 6.20. The molecule has 0 heterocycles. The van der Waals surface area contributed by atoms with Crippen LogP contribution in [0.3, 0.4) is 0 Å². The number of carbonyl (C=O) groups excluding carboxylic acids is 2. The summed E-state index contributed by atoms with van der Waals surface area (Å²) in [5.41, 5.74) is 5.97. The number of rotatable bonds is 5. The van der Waals surface area contributed by atoms with Gasteiger partial charge in [-0.15, -0.1) is 11.6 Å². The normalized spacial score (nSPS) is 11.1. The molecule has 0 bridgehead atoms. The molecule has 0 radical (unpaired) electrons. The van der Waals surface area contributed by atoms with Gasteiger partial charge in [-0.3, -0.25) is 9.59 Å². The van der Waals surface area contributed by atoms with Gasteiger partial charge in [-0.2, -0.15) is 0 Å². The minimum atomic E-state index is -0.618. The van der Waals surface area contributed by atoms with E-state index in [-0.39, 0.29) is 24.1 Å². The second-order valence-electron chi connectivity index (χ2n) is 4.81. The quantitative estimate of drug-likeness (QED) is 0.801. The molecule has 3 N–H and O–H groups in total. The molecule has 0 aliphatic heterocycles. The van der Waals surface area contributed by atoms with Gasteiger partial charge in [0, 0.05) is 11.6 Å². The smallest absolute Gasteiger partial charge is 0.231 e. The summed E-state index contributed by atoms with van der Waals surface area (Å²) in [7, 11) is 0. The van der Waals surface area contributed by atoms with E-state index in [0.717, 1.165) is 5.56 Å². The molecule has 0 unspecified atom stereocenters. The molecule has 1 rings (SSSR count). The van der Waals surface area contributed by atoms with Crippen LogP contribution in [0.15, 0.2) is 24.3 Å². The number of nitrogens with one attached hydrogen (secondary N) is 1. The summed E-state index contributed by atoms with van der Waals surface area (Å²) >= 11 is 5.72. The highest BCUT2D eigenvalue weighted by atomic mass is 35.5. The van der Waals surface area contributed by atoms with E-state index < -0.39 is 5.41 Å². The first kappa shape index (κ1) is 14.5. The summed E-state index contributed by atoms with van der Waals surface area (Å²) in [5.74, 6) is -0.270. The summed E-state index contributed by atoms with van der Waals surface area (Å²) in [6.07, 6.45) is 0.196. The molecule has 0 aliphatic carbocycles. The van der Waals surface area contributed by atoms with E-state index in [4.69, 9.17) is 17.3 Å². The van der Waals surface area contributed by atoms with Gasteiger partial charge in [0.15, 0.2) is 0 Å². The average Bonchev–Trinajstić information content (AvgIpc) is 2.31. The molecule has 0 aromatic heterocycles. The third-order valence-corrected chi connectivity index (χ3v) is 3.21. The number of amides is 2. The number of halogens is 1. The van der Waals surface area contributed by atoms with Gasteiger partial charge in [-0.1, -0.05) is 12.1 Å². The van der Waals surface area contributed by atoms with Gasteiger partial charge in [-0.25, -0.2) is 0 Å². The van der Waals surface area contributed by atoms with Crippen LogP contribution in [0, 0.1) is 5.41 Å². The molecule has 0 saturated heterocycles. The van der Waals surface area contributed by atoms with Gasteiger partial charge >= 0.3 is 0 Å². The van der Waals surface area contributed by atoms with Crippen LogP contribution >= 0.6 is 11.6 Å². The molecular formula is C13H17ClN2O2. The van der Waals surface area contributed by atoms with Crippen LogP contribution in [0.25, 0.3) is 0 Å². The Hall–Kier alpha value is -1.55. The zero-order valence-electron chi connectivity index (χ0n) is 10.5. The number of nitrogens with two attached hydrogens (primary N) is 1. The highest BCUT2D eigenvalue weighted by Gasteiger charge is 2.26. The predicted molar refractivity (Wildman–Crippen MR) is 72.5 cm³/mol. The topological polar surface area (TPSA) is 72.2 Å². The summed E-state index contributed by atoms with van der Waals surface area (Å²) in [4.78, 5) is 22.6. The first-order valence-electron chi connectivity index (χ1n) is 5.60. The number of hydrogen-bond donors (Lipinski definition) is 2. The van der Waals surface area contributed by atoms with Gasteiger partial charge < -0.3 is 11.1 Å². The molecule has 0 atom stereocenters. The molecular weight excluding hydrogens is 252 g/mol. The Morgan fingerprint density at radius 2 is 1.83 bits per heavy atom. The average molecular weight is 269 g/mol. The third kappa shape index (κ3) is 4.04. The van der Waals surface area contributed by atoms with Crippen molar-refractivity contribution < 1.29 is 9.59 Å². The molecule has 1 aromatic carbocycles. The fraction of sp³-hybridized carbons (Fsp3) is 0.385. The van der Waals surface area contributed by atoms with Crippen molar-refractivity contribution >= 4 is 29.1 Å². The Morgan fingerprint density at radius 3 is 2.28 bits per heavy atom. The van der Waals surface area contributed by atoms with E-state index >= 15 is 0 Å². The van der Waals surface area contributed by atoms with Crippen molar-refractivity contribution in [3.8, 4) is 0 Å². The van der Waals surface area contributed by atoms with Crippen molar-refractivity contribution in [2.24, 2.45) is 11.1 Å². The second-order valence-corrected chi connectivity index (χ2v) is 5.08. The van der Waals surface area contributed by atoms with Crippen LogP contribution in [0.4, 0.5) is 5.69 Å². The van der Waals surface area contributed by atoms with Crippen molar-refractivity contribution in [2.45, 2.75) is 20.3 Å². The SMILES string of the molecule is CC(C)(CCl)C(=O)Nc1ccc(CC(N)=O)cc1. The lowest BCUT2D eigenvalue weighted by molar-refractivity contribution is -0.123. The maximum absolute atomic E-state index is 11.9. The van der Waals surface area contributed by atoms with Crippen LogP contribution < -0.4 is 11.1 Å². The van der Waals surface area contributed by atoms with Gasteiger partial charge in [0.1, 0.15) is 0 Å². The number of alkyl halides is 1. The lowest BCUT2D eigenvalue weighted by Gasteiger charge is -2.20. The van der Waals surface area contributed by atoms with Gasteiger partial charge in [0.2, 0.25) is 11.8 Å². The number of carbonyl (C=O) groups is 2. The summed E-state index contributed by atoms with van der Waals surface area (Å²) in [6, 6.07) is 6.99. The van der Waals surface area contributed by atoms with E-state index in [0.29, 0.717) is 5.69 Å². The van der Waals surface area contributed by atoms with Crippen molar-refractivity contribution in [3.63, 3.8) is 0 Å². The second kappa shape index (κ2) is 5.87. The van der Waals surface area contributed by atoms with Crippen molar-refractivity contribution in [1.29, 1.82) is 0 Å². The number of hydrogen-bond acceptors (Lipinski definition) is 2. The van der Waals surface area contributed by atoms with Crippen LogP contribution in [-0.2, 0) is 16.0 Å². The Kier molecular flexibility index (Phi) is 4.73. The largest absolute Gasteiger partial charge is 0.369 e. The standard InChI is InChI=1S/C13H17ClN2O2/c1-13(2,8-14)12(18)16-10-5-3-9(4-6-10)7-11(15)17/h3-6H,7-8H2,1-2H3,(H2,15,17)(H,16,18). The fourth-order valence-electron chi connectivity index (χ4n) is 1.27. The maximum atomic E-state index is 11.9. The molecule has 0 spiro atoms. The zero-order chi connectivity index (χ0) is 13.8. The highest BCUT2D eigenvalue weighted by Crippen LogP contribution is 2.20. The molecule has 98 valence electrons. The van der Waals surface area contributed by atoms with Gasteiger partial charge in [0.25, 0.3) is 0 Å². The molecule has 1 aromatic rings. The monoisotopic (exact) mass is 268 g/mol. The fourth-order valence-corrected chi connectivity index (χ4v) is 1.39. The van der Waals surface area contributed by atoms with E-state index in [1.807, 2.05) is 0 Å².